The van der Waals surface area contributed by atoms with Crippen LogP contribution in [0.2, 0.25) is 0 Å². The largest absolute Gasteiger partial charge is 0.389 e. The van der Waals surface area contributed by atoms with Crippen molar-refractivity contribution in [2.75, 3.05) is 6.54 Å². The van der Waals surface area contributed by atoms with Crippen molar-refractivity contribution in [1.82, 2.24) is 14.9 Å². The number of hydrogen-bond acceptors (Lipinski definition) is 4. The molecule has 7 heteroatoms. The van der Waals surface area contributed by atoms with Gasteiger partial charge in [-0.05, 0) is 37.8 Å². The number of hydrogen-bond donors (Lipinski definition) is 1. The Morgan fingerprint density at radius 3 is 2.59 bits per heavy atom. The number of nitrogens with zero attached hydrogens (tertiary/aromatic N) is 2. The van der Waals surface area contributed by atoms with E-state index in [1.807, 2.05) is 13.8 Å². The number of aromatic nitrogens is 2. The van der Waals surface area contributed by atoms with Crippen molar-refractivity contribution in [2.24, 2.45) is 0 Å². The first kappa shape index (κ1) is 14.4. The van der Waals surface area contributed by atoms with Gasteiger partial charge in [0, 0.05) is 12.5 Å². The Morgan fingerprint density at radius 1 is 1.41 bits per heavy atom. The van der Waals surface area contributed by atoms with Gasteiger partial charge in [-0.3, -0.25) is 0 Å². The van der Waals surface area contributed by atoms with Crippen LogP contribution in [0.1, 0.15) is 42.8 Å². The predicted octanol–water partition coefficient (Wildman–Crippen LogP) is 3.23. The number of nitrogens with one attached hydrogen (secondary N) is 1. The van der Waals surface area contributed by atoms with Crippen LogP contribution in [0.5, 0.6) is 0 Å². The zero-order valence-electron chi connectivity index (χ0n) is 9.84. The predicted molar refractivity (Wildman–Crippen MR) is 61.0 cm³/mol. The summed E-state index contributed by atoms with van der Waals surface area (Å²) in [6.07, 6.45) is -4.23. The second kappa shape index (κ2) is 6.30. The highest BCUT2D eigenvalue weighted by atomic mass is 32.1. The lowest BCUT2D eigenvalue weighted by Gasteiger charge is -2.16. The molecule has 1 aromatic rings. The third-order valence-electron chi connectivity index (χ3n) is 2.41. The summed E-state index contributed by atoms with van der Waals surface area (Å²) in [7, 11) is 0. The third kappa shape index (κ3) is 4.99. The normalized spacial score (nSPS) is 13.9. The highest BCUT2D eigenvalue weighted by Crippen LogP contribution is 2.28. The van der Waals surface area contributed by atoms with Gasteiger partial charge in [-0.1, -0.05) is 11.4 Å². The van der Waals surface area contributed by atoms with Crippen LogP contribution in [-0.2, 0) is 0 Å². The summed E-state index contributed by atoms with van der Waals surface area (Å²) in [5, 5.41) is 7.06. The second-order valence-corrected chi connectivity index (χ2v) is 4.63. The van der Waals surface area contributed by atoms with Crippen molar-refractivity contribution >= 4 is 11.5 Å². The average Bonchev–Trinajstić information content (AvgIpc) is 2.61. The summed E-state index contributed by atoms with van der Waals surface area (Å²) >= 11 is 1.25. The maximum atomic E-state index is 12.1. The van der Waals surface area contributed by atoms with Crippen molar-refractivity contribution in [3.63, 3.8) is 0 Å². The van der Waals surface area contributed by atoms with Gasteiger partial charge in [-0.15, -0.1) is 5.10 Å². The maximum absolute atomic E-state index is 12.1. The first-order chi connectivity index (χ1) is 7.94. The molecular formula is C10H16F3N3S. The maximum Gasteiger partial charge on any atom is 0.389 e. The van der Waals surface area contributed by atoms with Crippen LogP contribution in [0, 0.1) is 6.92 Å². The van der Waals surface area contributed by atoms with Gasteiger partial charge in [0.15, 0.2) is 0 Å². The van der Waals surface area contributed by atoms with Gasteiger partial charge < -0.3 is 5.32 Å². The van der Waals surface area contributed by atoms with Crippen LogP contribution in [0.3, 0.4) is 0 Å². The lowest BCUT2D eigenvalue weighted by molar-refractivity contribution is -0.135. The van der Waals surface area contributed by atoms with Gasteiger partial charge in [-0.2, -0.15) is 13.2 Å². The van der Waals surface area contributed by atoms with Gasteiger partial charge in [0.1, 0.15) is 0 Å². The molecule has 0 aliphatic rings. The molecule has 1 atom stereocenters. The summed E-state index contributed by atoms with van der Waals surface area (Å²) in [6.45, 7) is 4.47. The van der Waals surface area contributed by atoms with E-state index in [-0.39, 0.29) is 12.5 Å². The molecule has 1 heterocycles. The molecule has 1 aromatic heterocycles. The molecule has 0 saturated carbocycles. The van der Waals surface area contributed by atoms with Gasteiger partial charge in [-0.25, -0.2) is 0 Å². The van der Waals surface area contributed by atoms with E-state index in [2.05, 4.69) is 14.9 Å². The highest BCUT2D eigenvalue weighted by molar-refractivity contribution is 7.05. The summed E-state index contributed by atoms with van der Waals surface area (Å²) in [4.78, 5) is 0.939. The topological polar surface area (TPSA) is 37.8 Å². The Morgan fingerprint density at radius 2 is 2.12 bits per heavy atom. The van der Waals surface area contributed by atoms with Crippen LogP contribution < -0.4 is 5.32 Å². The van der Waals surface area contributed by atoms with Gasteiger partial charge in [0.05, 0.1) is 10.6 Å². The minimum Gasteiger partial charge on any atom is -0.309 e. The van der Waals surface area contributed by atoms with Crippen molar-refractivity contribution in [2.45, 2.75) is 45.3 Å². The standard InChI is InChI=1S/C10H16F3N3S/c1-3-14-8(5-4-6-10(11,12)13)9-7(2)15-16-17-9/h8,14H,3-6H2,1-2H3. The molecule has 17 heavy (non-hydrogen) atoms. The molecule has 1 rings (SSSR count). The molecule has 1 N–H and O–H groups in total. The number of aryl methyl sites for hydroxylation is 1. The van der Waals surface area contributed by atoms with Crippen LogP contribution >= 0.6 is 11.5 Å². The molecule has 0 fully saturated rings. The van der Waals surface area contributed by atoms with Crippen molar-refractivity contribution in [3.05, 3.63) is 10.6 Å². The minimum absolute atomic E-state index is 0.0673. The van der Waals surface area contributed by atoms with Gasteiger partial charge in [0.2, 0.25) is 0 Å². The molecule has 0 spiro atoms. The zero-order valence-corrected chi connectivity index (χ0v) is 10.7. The molecule has 98 valence electrons. The van der Waals surface area contributed by atoms with Crippen LogP contribution in [0.25, 0.3) is 0 Å². The first-order valence-corrected chi connectivity index (χ1v) is 6.30. The minimum atomic E-state index is -4.07. The van der Waals surface area contributed by atoms with E-state index in [1.165, 1.54) is 11.5 Å². The molecule has 1 unspecified atom stereocenters. The first-order valence-electron chi connectivity index (χ1n) is 5.53. The zero-order chi connectivity index (χ0) is 12.9. The SMILES string of the molecule is CCNC(CCCC(F)(F)F)c1snnc1C. The second-order valence-electron chi connectivity index (χ2n) is 3.84. The van der Waals surface area contributed by atoms with Crippen molar-refractivity contribution in [3.8, 4) is 0 Å². The molecule has 0 aromatic carbocycles. The lowest BCUT2D eigenvalue weighted by Crippen LogP contribution is -2.21. The molecular weight excluding hydrogens is 251 g/mol. The summed E-state index contributed by atoms with van der Waals surface area (Å²) in [6, 6.07) is -0.0673. The summed E-state index contributed by atoms with van der Waals surface area (Å²) in [5.74, 6) is 0. The quantitative estimate of drug-likeness (QED) is 0.860. The monoisotopic (exact) mass is 267 g/mol. The fourth-order valence-corrected chi connectivity index (χ4v) is 2.39. The number of rotatable bonds is 6. The molecule has 0 saturated heterocycles. The Labute approximate surface area is 103 Å². The fraction of sp³-hybridized carbons (Fsp3) is 0.800. The average molecular weight is 267 g/mol. The Balaban J connectivity index is 2.53. The smallest absolute Gasteiger partial charge is 0.309 e. The fourth-order valence-electron chi connectivity index (χ4n) is 1.64. The number of alkyl halides is 3. The Kier molecular flexibility index (Phi) is 5.32. The van der Waals surface area contributed by atoms with Crippen molar-refractivity contribution in [1.29, 1.82) is 0 Å². The van der Waals surface area contributed by atoms with Crippen LogP contribution in [0.15, 0.2) is 0 Å². The molecule has 0 radical (unpaired) electrons. The van der Waals surface area contributed by atoms with E-state index in [9.17, 15) is 13.2 Å². The van der Waals surface area contributed by atoms with Gasteiger partial charge >= 0.3 is 6.18 Å². The molecule has 0 amide bonds. The Hall–Kier alpha value is -0.690. The Bertz CT molecular complexity index is 338. The highest BCUT2D eigenvalue weighted by Gasteiger charge is 2.27. The van der Waals surface area contributed by atoms with Gasteiger partial charge in [0.25, 0.3) is 0 Å². The van der Waals surface area contributed by atoms with E-state index < -0.39 is 12.6 Å². The number of halogens is 3. The van der Waals surface area contributed by atoms with E-state index >= 15 is 0 Å². The van der Waals surface area contributed by atoms with Crippen LogP contribution in [0.4, 0.5) is 13.2 Å². The van der Waals surface area contributed by atoms with E-state index in [0.29, 0.717) is 13.0 Å². The lowest BCUT2D eigenvalue weighted by atomic mass is 10.1. The van der Waals surface area contributed by atoms with E-state index in [1.54, 1.807) is 0 Å². The third-order valence-corrected chi connectivity index (χ3v) is 3.35. The van der Waals surface area contributed by atoms with Crippen LogP contribution in [-0.4, -0.2) is 22.3 Å². The summed E-state index contributed by atoms with van der Waals surface area (Å²) in [5.41, 5.74) is 0.799. The molecule has 3 nitrogen and oxygen atoms in total. The summed E-state index contributed by atoms with van der Waals surface area (Å²) < 4.78 is 40.0. The van der Waals surface area contributed by atoms with Crippen molar-refractivity contribution < 1.29 is 13.2 Å². The van der Waals surface area contributed by atoms with E-state index in [0.717, 1.165) is 10.6 Å². The molecule has 0 bridgehead atoms. The molecule has 0 aliphatic carbocycles. The molecule has 0 aliphatic heterocycles. The van der Waals surface area contributed by atoms with E-state index in [4.69, 9.17) is 0 Å².